The molecule has 0 saturated heterocycles. The first-order valence-corrected chi connectivity index (χ1v) is 47.4. The maximum Gasteiger partial charge on any atom is 0.160 e. The molecule has 29 aromatic rings. The predicted octanol–water partition coefficient (Wildman–Crippen LogP) is 37.2. The number of hydrogen-bond acceptors (Lipinski definition) is 4. The number of benzene rings is 22. The highest BCUT2D eigenvalue weighted by atomic mass is 16.3. The molecule has 0 aliphatic rings. The number of para-hydroxylation sites is 11. The van der Waals surface area contributed by atoms with E-state index in [2.05, 4.69) is 475 Å². The van der Waals surface area contributed by atoms with Gasteiger partial charge in [-0.25, -0.2) is 0 Å². The molecule has 0 fully saturated rings. The van der Waals surface area contributed by atoms with Crippen LogP contribution in [0, 0.1) is 0 Å². The molecule has 139 heavy (non-hydrogen) atoms. The first-order valence-electron chi connectivity index (χ1n) is 47.4. The summed E-state index contributed by atoms with van der Waals surface area (Å²) in [5.74, 6) is 0. The van der Waals surface area contributed by atoms with Crippen molar-refractivity contribution in [1.29, 1.82) is 0 Å². The number of fused-ring (bicyclic) bond motifs is 33. The van der Waals surface area contributed by atoms with Crippen LogP contribution in [0.5, 0.6) is 0 Å². The zero-order valence-corrected chi connectivity index (χ0v) is 75.4. The monoisotopic (exact) mass is 1770 g/mol. The number of furan rings is 4. The lowest BCUT2D eigenvalue weighted by atomic mass is 9.94. The van der Waals surface area contributed by atoms with E-state index in [1.807, 2.05) is 42.5 Å². The summed E-state index contributed by atoms with van der Waals surface area (Å²) in [4.78, 5) is 0. The van der Waals surface area contributed by atoms with Gasteiger partial charge in [0, 0.05) is 92.3 Å². The third-order valence-corrected chi connectivity index (χ3v) is 28.2. The van der Waals surface area contributed by atoms with Gasteiger partial charge in [0.05, 0.1) is 38.8 Å². The van der Waals surface area contributed by atoms with E-state index in [0.717, 1.165) is 177 Å². The molecule has 0 aliphatic heterocycles. The first kappa shape index (κ1) is 80.1. The molecule has 0 atom stereocenters. The molecular weight excluding hydrogens is 1690 g/mol. The minimum absolute atomic E-state index is 0.837. The van der Waals surface area contributed by atoms with Crippen molar-refractivity contribution in [3.63, 3.8) is 0 Å². The van der Waals surface area contributed by atoms with Crippen molar-refractivity contribution < 1.29 is 17.7 Å². The van der Waals surface area contributed by atoms with Crippen molar-refractivity contribution in [2.45, 2.75) is 0 Å². The maximum atomic E-state index is 6.99. The summed E-state index contributed by atoms with van der Waals surface area (Å²) in [7, 11) is 0. The fourth-order valence-corrected chi connectivity index (χ4v) is 22.1. The highest BCUT2D eigenvalue weighted by Crippen LogP contribution is 2.48. The molecule has 0 N–H and O–H groups in total. The Kier molecular flexibility index (Phi) is 19.2. The van der Waals surface area contributed by atoms with Gasteiger partial charge in [-0.1, -0.05) is 400 Å². The fourth-order valence-electron chi connectivity index (χ4n) is 22.1. The van der Waals surface area contributed by atoms with Gasteiger partial charge in [0.15, 0.2) is 5.58 Å². The van der Waals surface area contributed by atoms with Crippen LogP contribution in [0.3, 0.4) is 0 Å². The summed E-state index contributed by atoms with van der Waals surface area (Å²) in [6.45, 7) is 0. The molecule has 650 valence electrons. The zero-order chi connectivity index (χ0) is 91.5. The minimum Gasteiger partial charge on any atom is -0.456 e. The highest BCUT2D eigenvalue weighted by molar-refractivity contribution is 6.26. The largest absolute Gasteiger partial charge is 0.456 e. The first-order chi connectivity index (χ1) is 69.0. The van der Waals surface area contributed by atoms with Gasteiger partial charge in [-0.3, -0.25) is 0 Å². The van der Waals surface area contributed by atoms with Gasteiger partial charge in [0.1, 0.15) is 39.1 Å². The van der Waals surface area contributed by atoms with Crippen LogP contribution in [0.4, 0.5) is 0 Å². The van der Waals surface area contributed by atoms with E-state index in [9.17, 15) is 0 Å². The van der Waals surface area contributed by atoms with E-state index in [-0.39, 0.29) is 0 Å². The fraction of sp³-hybridized carbons (Fsp3) is 0. The van der Waals surface area contributed by atoms with Gasteiger partial charge in [-0.2, -0.15) is 0 Å². The summed E-state index contributed by atoms with van der Waals surface area (Å²) in [5.41, 5.74) is 23.8. The Morgan fingerprint density at radius 2 is 0.353 bits per heavy atom. The second kappa shape index (κ2) is 33.3. The van der Waals surface area contributed by atoms with Crippen LogP contribution in [0.15, 0.2) is 521 Å². The summed E-state index contributed by atoms with van der Waals surface area (Å²) in [6, 6.07) is 180. The van der Waals surface area contributed by atoms with Gasteiger partial charge in [-0.15, -0.1) is 0 Å². The van der Waals surface area contributed by atoms with E-state index in [1.165, 1.54) is 91.7 Å². The van der Waals surface area contributed by atoms with Crippen LogP contribution < -0.4 is 0 Å². The average Bonchev–Trinajstić information content (AvgIpc) is 1.57. The Morgan fingerprint density at radius 3 is 0.719 bits per heavy atom. The van der Waals surface area contributed by atoms with Gasteiger partial charge in [0.25, 0.3) is 0 Å². The molecule has 7 aromatic heterocycles. The maximum absolute atomic E-state index is 6.99. The number of rotatable bonds is 6. The Bertz CT molecular complexity index is 10000. The molecule has 0 bridgehead atoms. The highest BCUT2D eigenvalue weighted by Gasteiger charge is 2.25. The Labute approximate surface area is 797 Å². The SMILES string of the molecule is c1ccc2c(c1)oc1c(-c3ccc(-n4c5ccccc5c5ccccc5c5ccccc5c5ccccc54)cc3)cccc12.c1ccc2c(c1)oc1cccc(-c3ccc(-n4c5ccccc5c5ccccc5c5ccccc5c5ccccc54)c4oc5ccccc5c34)c12.c1ccc2c(c1)oc1cccc(-c3ccc(-n4c5ccccc5c5ccccc5c5ccccc5c5ccccc54)cc3)c12. The predicted molar refractivity (Wildman–Crippen MR) is 586 cm³/mol. The third kappa shape index (κ3) is 13.3. The Morgan fingerprint density at radius 1 is 0.122 bits per heavy atom. The lowest BCUT2D eigenvalue weighted by Gasteiger charge is -2.16. The average molecular weight is 1780 g/mol. The normalized spacial score (nSPS) is 11.7. The zero-order valence-electron chi connectivity index (χ0n) is 75.4. The van der Waals surface area contributed by atoms with Crippen LogP contribution in [-0.2, 0) is 0 Å². The summed E-state index contributed by atoms with van der Waals surface area (Å²) >= 11 is 0. The topological polar surface area (TPSA) is 67.3 Å². The molecule has 29 rings (SSSR count). The van der Waals surface area contributed by atoms with Crippen molar-refractivity contribution in [3.8, 4) is 50.4 Å². The van der Waals surface area contributed by atoms with Crippen molar-refractivity contribution in [2.24, 2.45) is 0 Å². The summed E-state index contributed by atoms with van der Waals surface area (Å²) < 4.78 is 33.2. The van der Waals surface area contributed by atoms with Crippen LogP contribution in [0.1, 0.15) is 0 Å². The van der Waals surface area contributed by atoms with Crippen LogP contribution in [0.2, 0.25) is 0 Å². The van der Waals surface area contributed by atoms with E-state index < -0.39 is 0 Å². The summed E-state index contributed by atoms with van der Waals surface area (Å²) in [5, 5.41) is 30.7. The molecule has 7 nitrogen and oxygen atoms in total. The number of hydrogen-bond donors (Lipinski definition) is 0. The smallest absolute Gasteiger partial charge is 0.160 e. The van der Waals surface area contributed by atoms with Crippen LogP contribution in [-0.4, -0.2) is 13.7 Å². The lowest BCUT2D eigenvalue weighted by molar-refractivity contribution is 0.666. The van der Waals surface area contributed by atoms with Crippen molar-refractivity contribution in [3.05, 3.63) is 504 Å². The van der Waals surface area contributed by atoms with E-state index in [4.69, 9.17) is 17.7 Å². The van der Waals surface area contributed by atoms with E-state index in [1.54, 1.807) is 0 Å². The second-order valence-electron chi connectivity index (χ2n) is 35.7. The standard InChI is InChI=1S/C48H29NO2.2C42H27NO/c1-3-16-32-30(14-1)31-15-2-4-17-33(31)35-19-6-10-24-41(35)49(40-23-9-5-18-34(32)40)42-29-28-37(47-39-21-8-12-26-44(39)51-48(42)47)36-22-13-27-45-46(36)38-20-7-11-25-43(38)50-45;1-3-14-33-31(12-1)32-13-2-4-15-34(32)36-17-6-9-22-40(36)43(39-21-8-5-16-35(33)39)29-26-24-28(25-27-29)30-19-11-20-38-37-18-7-10-23-41(37)44-42(30)38;1-3-14-33-31(12-1)32-13-2-4-15-34(32)36-17-6-9-21-39(36)43(38-20-8-5-16-35(33)38)29-26-24-28(25-27-29)30-19-11-23-41-42(30)37-18-7-10-22-40(37)44-41/h1-29H;2*1-27H. The lowest BCUT2D eigenvalue weighted by Crippen LogP contribution is -1.99. The van der Waals surface area contributed by atoms with Crippen molar-refractivity contribution in [2.75, 3.05) is 0 Å². The minimum atomic E-state index is 0.837. The van der Waals surface area contributed by atoms with Crippen molar-refractivity contribution in [1.82, 2.24) is 13.7 Å². The molecule has 0 spiro atoms. The van der Waals surface area contributed by atoms with Gasteiger partial charge < -0.3 is 31.4 Å². The molecule has 0 aliphatic carbocycles. The molecule has 0 radical (unpaired) electrons. The Balaban J connectivity index is 0.000000105. The molecule has 0 unspecified atom stereocenters. The van der Waals surface area contributed by atoms with Gasteiger partial charge >= 0.3 is 0 Å². The van der Waals surface area contributed by atoms with E-state index in [0.29, 0.717) is 0 Å². The van der Waals surface area contributed by atoms with Gasteiger partial charge in [0.2, 0.25) is 0 Å². The number of nitrogens with zero attached hydrogens (tertiary/aromatic N) is 3. The van der Waals surface area contributed by atoms with E-state index >= 15 is 0 Å². The molecule has 7 heterocycles. The van der Waals surface area contributed by atoms with Crippen molar-refractivity contribution >= 4 is 218 Å². The molecule has 0 amide bonds. The second-order valence-corrected chi connectivity index (χ2v) is 35.7. The molecule has 22 aromatic carbocycles. The van der Waals surface area contributed by atoms with Crippen LogP contribution in [0.25, 0.3) is 268 Å². The summed E-state index contributed by atoms with van der Waals surface area (Å²) in [6.07, 6.45) is 0. The number of aromatic nitrogens is 3. The Hall–Kier alpha value is -18.6. The molecule has 0 saturated carbocycles. The third-order valence-electron chi connectivity index (χ3n) is 28.2. The molecule has 7 heteroatoms. The quantitative estimate of drug-likeness (QED) is 0.166. The van der Waals surface area contributed by atoms with Gasteiger partial charge in [-0.05, 0) is 196 Å². The van der Waals surface area contributed by atoms with Crippen LogP contribution >= 0.6 is 0 Å². The molecular formula is C132H83N3O4.